The maximum atomic E-state index is 13.4. The van der Waals surface area contributed by atoms with Crippen molar-refractivity contribution >= 4 is 29.1 Å². The third-order valence-electron chi connectivity index (χ3n) is 6.85. The number of hydrogen-bond acceptors (Lipinski definition) is 5. The second-order valence-electron chi connectivity index (χ2n) is 9.01. The van der Waals surface area contributed by atoms with Gasteiger partial charge in [-0.2, -0.15) is 0 Å². The number of carbonyl (C=O) groups excluding carboxylic acids is 3. The molecule has 1 unspecified atom stereocenters. The predicted octanol–water partition coefficient (Wildman–Crippen LogP) is 2.58. The fourth-order valence-electron chi connectivity index (χ4n) is 5.14. The highest BCUT2D eigenvalue weighted by atomic mass is 16.3. The smallest absolute Gasteiger partial charge is 0.253 e. The number of carbonyl (C=O) groups is 3. The Balaban J connectivity index is 1.37. The van der Waals surface area contributed by atoms with Gasteiger partial charge >= 0.3 is 0 Å². The molecule has 2 saturated heterocycles. The highest BCUT2D eigenvalue weighted by Crippen LogP contribution is 2.40. The molecule has 0 bridgehead atoms. The van der Waals surface area contributed by atoms with E-state index < -0.39 is 0 Å². The summed E-state index contributed by atoms with van der Waals surface area (Å²) in [5.74, 6) is 0.513. The van der Waals surface area contributed by atoms with Crippen LogP contribution >= 0.6 is 0 Å². The first-order chi connectivity index (χ1) is 16.1. The van der Waals surface area contributed by atoms with Crippen molar-refractivity contribution in [1.82, 2.24) is 10.2 Å². The van der Waals surface area contributed by atoms with Crippen LogP contribution in [0.5, 0.6) is 0 Å². The van der Waals surface area contributed by atoms with Crippen LogP contribution < -0.4 is 15.1 Å². The molecule has 1 aromatic heterocycles. The molecule has 174 valence electrons. The van der Waals surface area contributed by atoms with E-state index in [9.17, 15) is 14.4 Å². The number of rotatable bonds is 6. The van der Waals surface area contributed by atoms with E-state index in [1.165, 1.54) is 0 Å². The van der Waals surface area contributed by atoms with Crippen LogP contribution in [0.4, 0.5) is 11.4 Å². The quantitative estimate of drug-likeness (QED) is 0.731. The molecule has 2 fully saturated rings. The van der Waals surface area contributed by atoms with E-state index in [0.29, 0.717) is 24.2 Å². The standard InChI is InChI=1S/C25H30N4O4/c30-23(26-11-10-19-6-5-15-33-19)17-29-22-16-18(24(31)27-12-3-4-13-27)8-9-20(22)28-14-2-1-7-21(28)25(29)32/h5-6,8-9,15-16,21H,1-4,7,10-14,17H2,(H,26,30). The lowest BCUT2D eigenvalue weighted by atomic mass is 9.95. The Labute approximate surface area is 193 Å². The second-order valence-corrected chi connectivity index (χ2v) is 9.01. The Morgan fingerprint density at radius 3 is 2.64 bits per heavy atom. The van der Waals surface area contributed by atoms with Crippen molar-refractivity contribution in [2.45, 2.75) is 44.6 Å². The lowest BCUT2D eigenvalue weighted by molar-refractivity contribution is -0.125. The number of fused-ring (bicyclic) bond motifs is 3. The zero-order valence-corrected chi connectivity index (χ0v) is 18.8. The van der Waals surface area contributed by atoms with Gasteiger partial charge in [-0.1, -0.05) is 0 Å². The fourth-order valence-corrected chi connectivity index (χ4v) is 5.14. The van der Waals surface area contributed by atoms with E-state index >= 15 is 0 Å². The van der Waals surface area contributed by atoms with Crippen LogP contribution in [0.3, 0.4) is 0 Å². The van der Waals surface area contributed by atoms with Gasteiger partial charge in [-0.15, -0.1) is 0 Å². The first-order valence-corrected chi connectivity index (χ1v) is 11.9. The summed E-state index contributed by atoms with van der Waals surface area (Å²) in [7, 11) is 0. The molecule has 1 aromatic carbocycles. The summed E-state index contributed by atoms with van der Waals surface area (Å²) in [6, 6.07) is 9.05. The van der Waals surface area contributed by atoms with Crippen LogP contribution in [0, 0.1) is 0 Å². The molecule has 33 heavy (non-hydrogen) atoms. The third kappa shape index (κ3) is 4.34. The Kier molecular flexibility index (Phi) is 6.07. The van der Waals surface area contributed by atoms with Gasteiger partial charge < -0.3 is 19.5 Å². The summed E-state index contributed by atoms with van der Waals surface area (Å²) in [5, 5.41) is 2.89. The number of nitrogens with one attached hydrogen (secondary N) is 1. The predicted molar refractivity (Wildman–Crippen MR) is 124 cm³/mol. The van der Waals surface area contributed by atoms with E-state index in [1.807, 2.05) is 29.2 Å². The van der Waals surface area contributed by atoms with Crippen molar-refractivity contribution in [1.29, 1.82) is 0 Å². The van der Waals surface area contributed by atoms with Gasteiger partial charge in [0.1, 0.15) is 18.3 Å². The van der Waals surface area contributed by atoms with E-state index in [0.717, 1.165) is 63.2 Å². The zero-order chi connectivity index (χ0) is 22.8. The van der Waals surface area contributed by atoms with Crippen molar-refractivity contribution in [3.05, 3.63) is 47.9 Å². The largest absolute Gasteiger partial charge is 0.469 e. The maximum Gasteiger partial charge on any atom is 0.253 e. The minimum atomic E-state index is -0.248. The van der Waals surface area contributed by atoms with Crippen molar-refractivity contribution in [3.63, 3.8) is 0 Å². The third-order valence-corrected chi connectivity index (χ3v) is 6.85. The molecule has 3 aliphatic rings. The van der Waals surface area contributed by atoms with Crippen molar-refractivity contribution in [2.75, 3.05) is 42.5 Å². The highest BCUT2D eigenvalue weighted by molar-refractivity contribution is 6.09. The first kappa shape index (κ1) is 21.6. The van der Waals surface area contributed by atoms with Crippen LogP contribution in [0.1, 0.15) is 48.2 Å². The number of hydrogen-bond donors (Lipinski definition) is 1. The molecule has 3 amide bonds. The van der Waals surface area contributed by atoms with Gasteiger partial charge in [0.15, 0.2) is 0 Å². The van der Waals surface area contributed by atoms with Crippen molar-refractivity contribution < 1.29 is 18.8 Å². The second kappa shape index (κ2) is 9.29. The number of likely N-dealkylation sites (tertiary alicyclic amines) is 1. The molecule has 1 N–H and O–H groups in total. The summed E-state index contributed by atoms with van der Waals surface area (Å²) in [4.78, 5) is 44.8. The molecule has 0 spiro atoms. The molecule has 2 aromatic rings. The Morgan fingerprint density at radius 1 is 1.03 bits per heavy atom. The van der Waals surface area contributed by atoms with Crippen molar-refractivity contribution in [2.24, 2.45) is 0 Å². The van der Waals surface area contributed by atoms with Gasteiger partial charge in [0.05, 0.1) is 17.6 Å². The van der Waals surface area contributed by atoms with E-state index in [-0.39, 0.29) is 30.3 Å². The van der Waals surface area contributed by atoms with E-state index in [4.69, 9.17) is 4.42 Å². The number of piperidine rings is 1. The highest BCUT2D eigenvalue weighted by Gasteiger charge is 2.40. The number of amides is 3. The average molecular weight is 451 g/mol. The first-order valence-electron chi connectivity index (χ1n) is 11.9. The van der Waals surface area contributed by atoms with Gasteiger partial charge in [-0.05, 0) is 62.4 Å². The van der Waals surface area contributed by atoms with Crippen molar-refractivity contribution in [3.8, 4) is 0 Å². The molecule has 8 nitrogen and oxygen atoms in total. The molecule has 8 heteroatoms. The van der Waals surface area contributed by atoms with Crippen LogP contribution in [0.15, 0.2) is 41.0 Å². The summed E-state index contributed by atoms with van der Waals surface area (Å²) in [6.07, 6.45) is 7.06. The molecule has 3 aliphatic heterocycles. The molecule has 4 heterocycles. The number of anilines is 2. The van der Waals surface area contributed by atoms with Gasteiger partial charge in [0.25, 0.3) is 5.91 Å². The zero-order valence-electron chi connectivity index (χ0n) is 18.8. The summed E-state index contributed by atoms with van der Waals surface area (Å²) in [5.41, 5.74) is 2.16. The van der Waals surface area contributed by atoms with Crippen LogP contribution in [0.25, 0.3) is 0 Å². The number of furan rings is 1. The van der Waals surface area contributed by atoms with Crippen LogP contribution in [-0.4, -0.2) is 61.4 Å². The van der Waals surface area contributed by atoms with Gasteiger partial charge in [0, 0.05) is 38.2 Å². The SMILES string of the molecule is O=C(CN1C(=O)C2CCCCN2c2ccc(C(=O)N3CCCC3)cc21)NCCc1ccco1. The molecule has 1 atom stereocenters. The monoisotopic (exact) mass is 450 g/mol. The molecule has 0 saturated carbocycles. The lowest BCUT2D eigenvalue weighted by Gasteiger charge is -2.45. The molecule has 0 aliphatic carbocycles. The Bertz CT molecular complexity index is 1030. The van der Waals surface area contributed by atoms with Crippen LogP contribution in [0.2, 0.25) is 0 Å². The molecular weight excluding hydrogens is 420 g/mol. The topological polar surface area (TPSA) is 86.1 Å². The van der Waals surface area contributed by atoms with E-state index in [1.54, 1.807) is 17.2 Å². The minimum Gasteiger partial charge on any atom is -0.469 e. The summed E-state index contributed by atoms with van der Waals surface area (Å²) >= 11 is 0. The minimum absolute atomic E-state index is 0.00799. The molecule has 5 rings (SSSR count). The van der Waals surface area contributed by atoms with Gasteiger partial charge in [-0.25, -0.2) is 0 Å². The fraction of sp³-hybridized carbons (Fsp3) is 0.480. The number of benzene rings is 1. The summed E-state index contributed by atoms with van der Waals surface area (Å²) in [6.45, 7) is 2.72. The average Bonchev–Trinajstić information content (AvgIpc) is 3.56. The van der Waals surface area contributed by atoms with E-state index in [2.05, 4.69) is 10.2 Å². The maximum absolute atomic E-state index is 13.4. The normalized spacial score (nSPS) is 19.9. The Morgan fingerprint density at radius 2 is 1.85 bits per heavy atom. The number of nitrogens with zero attached hydrogens (tertiary/aromatic N) is 3. The van der Waals surface area contributed by atoms with Gasteiger partial charge in [-0.3, -0.25) is 19.3 Å². The van der Waals surface area contributed by atoms with Gasteiger partial charge in [0.2, 0.25) is 11.8 Å². The molecule has 0 radical (unpaired) electrons. The Hall–Kier alpha value is -3.29. The lowest BCUT2D eigenvalue weighted by Crippen LogP contribution is -2.57. The molecular formula is C25H30N4O4. The summed E-state index contributed by atoms with van der Waals surface area (Å²) < 4.78 is 5.31. The van der Waals surface area contributed by atoms with Crippen LogP contribution in [-0.2, 0) is 16.0 Å².